The van der Waals surface area contributed by atoms with E-state index in [4.69, 9.17) is 0 Å². The number of aryl methyl sites for hydroxylation is 2. The fourth-order valence-electron chi connectivity index (χ4n) is 2.24. The van der Waals surface area contributed by atoms with Gasteiger partial charge in [-0.15, -0.1) is 0 Å². The summed E-state index contributed by atoms with van der Waals surface area (Å²) in [5.41, 5.74) is 1.44. The molecule has 7 nitrogen and oxygen atoms in total. The highest BCUT2D eigenvalue weighted by molar-refractivity contribution is 5.90. The molecule has 1 saturated heterocycles. The van der Waals surface area contributed by atoms with E-state index < -0.39 is 0 Å². The Kier molecular flexibility index (Phi) is 3.73. The van der Waals surface area contributed by atoms with Crippen LogP contribution < -0.4 is 10.6 Å². The van der Waals surface area contributed by atoms with Crippen LogP contribution in [0.1, 0.15) is 19.0 Å². The molecule has 2 heterocycles. The van der Waals surface area contributed by atoms with E-state index in [0.29, 0.717) is 25.2 Å². The molecule has 1 unspecified atom stereocenters. The summed E-state index contributed by atoms with van der Waals surface area (Å²) in [4.78, 5) is 25.1. The summed E-state index contributed by atoms with van der Waals surface area (Å²) in [6, 6.07) is -0.420. The Morgan fingerprint density at radius 2 is 2.32 bits per heavy atom. The van der Waals surface area contributed by atoms with Crippen molar-refractivity contribution in [2.24, 2.45) is 7.05 Å². The average Bonchev–Trinajstić information content (AvgIpc) is 2.82. The Labute approximate surface area is 111 Å². The molecule has 0 saturated carbocycles. The second-order valence-electron chi connectivity index (χ2n) is 4.73. The zero-order chi connectivity index (χ0) is 14.0. The highest BCUT2D eigenvalue weighted by Crippen LogP contribution is 2.13. The number of likely N-dealkylation sites (N-methyl/N-ethyl adjacent to an activating group) is 1. The Balaban J connectivity index is 1.89. The Morgan fingerprint density at radius 3 is 2.84 bits per heavy atom. The van der Waals surface area contributed by atoms with E-state index >= 15 is 0 Å². The molecule has 0 aromatic carbocycles. The van der Waals surface area contributed by atoms with Crippen molar-refractivity contribution in [3.8, 4) is 0 Å². The lowest BCUT2D eigenvalue weighted by atomic mass is 10.2. The standard InChI is InChI=1S/C12H19N5O2/c1-4-17-6-9(5-11(17)18)13-12(19)14-10-7-16(3)15-8(10)2/h7,9H,4-6H2,1-3H3,(H2,13,14,19). The van der Waals surface area contributed by atoms with Gasteiger partial charge in [-0.3, -0.25) is 9.48 Å². The maximum atomic E-state index is 11.8. The molecular weight excluding hydrogens is 246 g/mol. The van der Waals surface area contributed by atoms with Crippen molar-refractivity contribution in [2.45, 2.75) is 26.3 Å². The summed E-state index contributed by atoms with van der Waals surface area (Å²) < 4.78 is 1.64. The van der Waals surface area contributed by atoms with Crippen molar-refractivity contribution in [1.82, 2.24) is 20.0 Å². The first kappa shape index (κ1) is 13.4. The lowest BCUT2D eigenvalue weighted by molar-refractivity contribution is -0.127. The fraction of sp³-hybridized carbons (Fsp3) is 0.583. The first-order valence-electron chi connectivity index (χ1n) is 6.35. The molecule has 7 heteroatoms. The number of rotatable bonds is 3. The van der Waals surface area contributed by atoms with Crippen molar-refractivity contribution in [3.05, 3.63) is 11.9 Å². The van der Waals surface area contributed by atoms with Crippen molar-refractivity contribution >= 4 is 17.6 Å². The van der Waals surface area contributed by atoms with E-state index in [1.165, 1.54) is 0 Å². The van der Waals surface area contributed by atoms with Gasteiger partial charge in [0.05, 0.1) is 17.4 Å². The van der Waals surface area contributed by atoms with Gasteiger partial charge in [0, 0.05) is 32.8 Å². The average molecular weight is 265 g/mol. The van der Waals surface area contributed by atoms with Crippen LogP contribution >= 0.6 is 0 Å². The number of nitrogens with one attached hydrogen (secondary N) is 2. The molecule has 0 aliphatic carbocycles. The molecular formula is C12H19N5O2. The molecule has 1 aromatic heterocycles. The zero-order valence-electron chi connectivity index (χ0n) is 11.4. The minimum atomic E-state index is -0.299. The quantitative estimate of drug-likeness (QED) is 0.834. The van der Waals surface area contributed by atoms with Crippen LogP contribution in [0.15, 0.2) is 6.20 Å². The third kappa shape index (κ3) is 3.04. The summed E-state index contributed by atoms with van der Waals surface area (Å²) >= 11 is 0. The number of amides is 3. The second-order valence-corrected chi connectivity index (χ2v) is 4.73. The van der Waals surface area contributed by atoms with E-state index in [9.17, 15) is 9.59 Å². The van der Waals surface area contributed by atoms with E-state index in [1.54, 1.807) is 22.8 Å². The van der Waals surface area contributed by atoms with Crippen molar-refractivity contribution < 1.29 is 9.59 Å². The third-order valence-electron chi connectivity index (χ3n) is 3.19. The van der Waals surface area contributed by atoms with Crippen molar-refractivity contribution in [1.29, 1.82) is 0 Å². The number of carbonyl (C=O) groups excluding carboxylic acids is 2. The predicted octanol–water partition coefficient (Wildman–Crippen LogP) is 0.471. The number of aromatic nitrogens is 2. The predicted molar refractivity (Wildman–Crippen MR) is 70.8 cm³/mol. The van der Waals surface area contributed by atoms with Gasteiger partial charge in [0.25, 0.3) is 0 Å². The number of likely N-dealkylation sites (tertiary alicyclic amines) is 1. The molecule has 2 N–H and O–H groups in total. The van der Waals surface area contributed by atoms with Gasteiger partial charge in [-0.25, -0.2) is 4.79 Å². The lowest BCUT2D eigenvalue weighted by Crippen LogP contribution is -2.39. The SMILES string of the molecule is CCN1CC(NC(=O)Nc2cn(C)nc2C)CC1=O. The van der Waals surface area contributed by atoms with Crippen molar-refractivity contribution in [2.75, 3.05) is 18.4 Å². The molecule has 19 heavy (non-hydrogen) atoms. The number of hydrogen-bond donors (Lipinski definition) is 2. The summed E-state index contributed by atoms with van der Waals surface area (Å²) in [6.45, 7) is 5.02. The number of carbonyl (C=O) groups is 2. The van der Waals surface area contributed by atoms with Gasteiger partial charge < -0.3 is 15.5 Å². The normalized spacial score (nSPS) is 18.8. The van der Waals surface area contributed by atoms with Gasteiger partial charge in [0.1, 0.15) is 0 Å². The van der Waals surface area contributed by atoms with Gasteiger partial charge >= 0.3 is 6.03 Å². The van der Waals surface area contributed by atoms with Gasteiger partial charge in [0.2, 0.25) is 5.91 Å². The number of urea groups is 1. The molecule has 1 aromatic rings. The van der Waals surface area contributed by atoms with Crippen LogP contribution in [0.25, 0.3) is 0 Å². The lowest BCUT2D eigenvalue weighted by Gasteiger charge is -2.14. The summed E-state index contributed by atoms with van der Waals surface area (Å²) in [5, 5.41) is 9.70. The molecule has 3 amide bonds. The van der Waals surface area contributed by atoms with Gasteiger partial charge in [-0.2, -0.15) is 5.10 Å². The molecule has 2 rings (SSSR count). The van der Waals surface area contributed by atoms with Crippen LogP contribution in [0.2, 0.25) is 0 Å². The molecule has 1 fully saturated rings. The molecule has 1 atom stereocenters. The summed E-state index contributed by atoms with van der Waals surface area (Å²) in [7, 11) is 1.80. The van der Waals surface area contributed by atoms with Gasteiger partial charge in [0.15, 0.2) is 0 Å². The fourth-order valence-corrected chi connectivity index (χ4v) is 2.24. The van der Waals surface area contributed by atoms with Gasteiger partial charge in [-0.1, -0.05) is 0 Å². The Bertz CT molecular complexity index is 496. The van der Waals surface area contributed by atoms with E-state index in [0.717, 1.165) is 5.69 Å². The minimum absolute atomic E-state index is 0.0883. The largest absolute Gasteiger partial charge is 0.341 e. The van der Waals surface area contributed by atoms with Crippen LogP contribution in [-0.4, -0.2) is 45.8 Å². The molecule has 0 radical (unpaired) electrons. The molecule has 1 aliphatic rings. The summed E-state index contributed by atoms with van der Waals surface area (Å²) in [6.07, 6.45) is 2.11. The smallest absolute Gasteiger partial charge is 0.319 e. The van der Waals surface area contributed by atoms with Crippen LogP contribution in [0.5, 0.6) is 0 Å². The molecule has 104 valence electrons. The van der Waals surface area contributed by atoms with Crippen molar-refractivity contribution in [3.63, 3.8) is 0 Å². The first-order valence-corrected chi connectivity index (χ1v) is 6.35. The second kappa shape index (κ2) is 5.29. The number of hydrogen-bond acceptors (Lipinski definition) is 3. The van der Waals surface area contributed by atoms with Crippen LogP contribution in [0.4, 0.5) is 10.5 Å². The Hall–Kier alpha value is -2.05. The molecule has 1 aliphatic heterocycles. The van der Waals surface area contributed by atoms with Crippen LogP contribution in [-0.2, 0) is 11.8 Å². The van der Waals surface area contributed by atoms with Gasteiger partial charge in [-0.05, 0) is 13.8 Å². The van der Waals surface area contributed by atoms with E-state index in [1.807, 2.05) is 13.8 Å². The maximum absolute atomic E-state index is 11.8. The molecule has 0 bridgehead atoms. The third-order valence-corrected chi connectivity index (χ3v) is 3.19. The van der Waals surface area contributed by atoms with Crippen LogP contribution in [0.3, 0.4) is 0 Å². The zero-order valence-corrected chi connectivity index (χ0v) is 11.4. The highest BCUT2D eigenvalue weighted by atomic mass is 16.2. The van der Waals surface area contributed by atoms with Crippen LogP contribution in [0, 0.1) is 6.92 Å². The minimum Gasteiger partial charge on any atom is -0.341 e. The number of anilines is 1. The molecule has 0 spiro atoms. The van der Waals surface area contributed by atoms with E-state index in [-0.39, 0.29) is 18.0 Å². The summed E-state index contributed by atoms with van der Waals surface area (Å²) in [5.74, 6) is 0.0883. The topological polar surface area (TPSA) is 79.3 Å². The number of nitrogens with zero attached hydrogens (tertiary/aromatic N) is 3. The Morgan fingerprint density at radius 1 is 1.58 bits per heavy atom. The maximum Gasteiger partial charge on any atom is 0.319 e. The monoisotopic (exact) mass is 265 g/mol. The first-order chi connectivity index (χ1) is 8.99. The highest BCUT2D eigenvalue weighted by Gasteiger charge is 2.29. The van der Waals surface area contributed by atoms with E-state index in [2.05, 4.69) is 15.7 Å².